The first kappa shape index (κ1) is 16.6. The Kier molecular flexibility index (Phi) is 8.58. The normalized spacial score (nSPS) is 11.8. The van der Waals surface area contributed by atoms with E-state index in [1.807, 2.05) is 12.1 Å². The van der Waals surface area contributed by atoms with E-state index in [4.69, 9.17) is 11.2 Å². The van der Waals surface area contributed by atoms with Gasteiger partial charge in [-0.25, -0.2) is 0 Å². The lowest BCUT2D eigenvalue weighted by molar-refractivity contribution is 0.306. The van der Waals surface area contributed by atoms with Crippen molar-refractivity contribution in [2.24, 2.45) is 0 Å². The van der Waals surface area contributed by atoms with Gasteiger partial charge in [0.25, 0.3) is 0 Å². The smallest absolute Gasteiger partial charge is 0.119 e. The molecule has 1 aromatic carbocycles. The number of hydrogen-bond acceptors (Lipinski definition) is 2. The Balaban J connectivity index is 2.33. The van der Waals surface area contributed by atoms with E-state index in [1.54, 1.807) is 0 Å². The predicted octanol–water partition coefficient (Wildman–Crippen LogP) is 4.15. The van der Waals surface area contributed by atoms with Crippen molar-refractivity contribution >= 4 is 0 Å². The van der Waals surface area contributed by atoms with E-state index in [-0.39, 0.29) is 0 Å². The van der Waals surface area contributed by atoms with Gasteiger partial charge in [0, 0.05) is 19.0 Å². The summed E-state index contributed by atoms with van der Waals surface area (Å²) in [5, 5.41) is 3.48. The average molecular weight is 273 g/mol. The molecule has 0 radical (unpaired) electrons. The summed E-state index contributed by atoms with van der Waals surface area (Å²) in [4.78, 5) is 0. The molecule has 0 aliphatic carbocycles. The molecule has 1 aromatic rings. The van der Waals surface area contributed by atoms with Gasteiger partial charge in [-0.05, 0) is 30.5 Å². The van der Waals surface area contributed by atoms with Crippen LogP contribution in [0.3, 0.4) is 0 Å². The summed E-state index contributed by atoms with van der Waals surface area (Å²) in [6.45, 7) is 6.02. The topological polar surface area (TPSA) is 21.3 Å². The first-order valence-electron chi connectivity index (χ1n) is 7.68. The zero-order chi connectivity index (χ0) is 14.6. The summed E-state index contributed by atoms with van der Waals surface area (Å²) in [6, 6.07) is 8.73. The van der Waals surface area contributed by atoms with Crippen LogP contribution in [0.4, 0.5) is 0 Å². The molecule has 0 aliphatic heterocycles. The van der Waals surface area contributed by atoms with Gasteiger partial charge in [-0.3, -0.25) is 0 Å². The van der Waals surface area contributed by atoms with Gasteiger partial charge < -0.3 is 10.1 Å². The Morgan fingerprint density at radius 3 is 2.55 bits per heavy atom. The second kappa shape index (κ2) is 10.3. The molecule has 20 heavy (non-hydrogen) atoms. The fourth-order valence-corrected chi connectivity index (χ4v) is 2.01. The number of ether oxygens (including phenoxy) is 1. The molecule has 0 saturated heterocycles. The first-order valence-corrected chi connectivity index (χ1v) is 7.68. The van der Waals surface area contributed by atoms with Gasteiger partial charge in [-0.2, -0.15) is 0 Å². The van der Waals surface area contributed by atoms with Crippen molar-refractivity contribution < 1.29 is 4.74 Å². The lowest BCUT2D eigenvalue weighted by atomic mass is 10.1. The molecule has 0 spiro atoms. The van der Waals surface area contributed by atoms with E-state index in [0.717, 1.165) is 38.2 Å². The maximum absolute atomic E-state index is 5.70. The van der Waals surface area contributed by atoms with Gasteiger partial charge >= 0.3 is 0 Å². The molecule has 1 unspecified atom stereocenters. The van der Waals surface area contributed by atoms with Crippen molar-refractivity contribution in [3.8, 4) is 18.1 Å². The maximum atomic E-state index is 5.70. The van der Waals surface area contributed by atoms with Crippen molar-refractivity contribution in [1.29, 1.82) is 0 Å². The fourth-order valence-electron chi connectivity index (χ4n) is 2.01. The molecule has 0 heterocycles. The summed E-state index contributed by atoms with van der Waals surface area (Å²) in [5.74, 6) is 3.67. The van der Waals surface area contributed by atoms with E-state index >= 15 is 0 Å². The van der Waals surface area contributed by atoms with Crippen LogP contribution in [-0.4, -0.2) is 12.6 Å². The van der Waals surface area contributed by atoms with Gasteiger partial charge in [0.2, 0.25) is 0 Å². The zero-order valence-electron chi connectivity index (χ0n) is 12.8. The van der Waals surface area contributed by atoms with Crippen LogP contribution in [0.15, 0.2) is 24.3 Å². The third-order valence-corrected chi connectivity index (χ3v) is 3.39. The van der Waals surface area contributed by atoms with E-state index < -0.39 is 0 Å². The molecule has 0 saturated carbocycles. The minimum Gasteiger partial charge on any atom is -0.494 e. The van der Waals surface area contributed by atoms with Gasteiger partial charge in [0.05, 0.1) is 6.61 Å². The molecular formula is C18H27NO. The van der Waals surface area contributed by atoms with Crippen molar-refractivity contribution in [3.05, 3.63) is 29.8 Å². The second-order valence-electron chi connectivity index (χ2n) is 5.09. The lowest BCUT2D eigenvalue weighted by Gasteiger charge is -2.14. The molecule has 0 amide bonds. The van der Waals surface area contributed by atoms with Crippen LogP contribution >= 0.6 is 0 Å². The van der Waals surface area contributed by atoms with Crippen LogP contribution in [0.25, 0.3) is 0 Å². The molecule has 0 fully saturated rings. The highest BCUT2D eigenvalue weighted by Gasteiger charge is 2.03. The third-order valence-electron chi connectivity index (χ3n) is 3.39. The lowest BCUT2D eigenvalue weighted by Crippen LogP contribution is -2.27. The number of nitrogens with one attached hydrogen (secondary N) is 1. The van der Waals surface area contributed by atoms with Crippen molar-refractivity contribution in [1.82, 2.24) is 5.32 Å². The number of rotatable bonds is 10. The van der Waals surface area contributed by atoms with Gasteiger partial charge in [-0.1, -0.05) is 38.8 Å². The summed E-state index contributed by atoms with van der Waals surface area (Å²) in [7, 11) is 0. The van der Waals surface area contributed by atoms with Crippen LogP contribution in [0.5, 0.6) is 5.75 Å². The van der Waals surface area contributed by atoms with E-state index in [0.29, 0.717) is 6.04 Å². The Morgan fingerprint density at radius 2 is 1.95 bits per heavy atom. The first-order chi connectivity index (χ1) is 9.80. The Morgan fingerprint density at radius 1 is 1.20 bits per heavy atom. The Bertz CT molecular complexity index is 391. The minimum absolute atomic E-state index is 0.407. The highest BCUT2D eigenvalue weighted by atomic mass is 16.5. The fraction of sp³-hybridized carbons (Fsp3) is 0.556. The monoisotopic (exact) mass is 273 g/mol. The molecule has 110 valence electrons. The standard InChI is InChI=1S/C18H27NO/c1-4-7-8-14-20-18-12-10-16(11-13-18)15-19-17(6-3)9-5-2/h2,10-13,17,19H,4,6-9,14-15H2,1,3H3. The number of benzene rings is 1. The predicted molar refractivity (Wildman–Crippen MR) is 85.8 cm³/mol. The molecule has 2 heteroatoms. The summed E-state index contributed by atoms with van der Waals surface area (Å²) < 4.78 is 5.70. The van der Waals surface area contributed by atoms with Crippen LogP contribution < -0.4 is 10.1 Å². The number of unbranched alkanes of at least 4 members (excludes halogenated alkanes) is 2. The van der Waals surface area contributed by atoms with E-state index in [1.165, 1.54) is 18.4 Å². The molecule has 0 bridgehead atoms. The van der Waals surface area contributed by atoms with Crippen LogP contribution in [0.1, 0.15) is 51.5 Å². The van der Waals surface area contributed by atoms with Gasteiger partial charge in [-0.15, -0.1) is 12.3 Å². The largest absolute Gasteiger partial charge is 0.494 e. The molecule has 2 nitrogen and oxygen atoms in total. The summed E-state index contributed by atoms with van der Waals surface area (Å²) >= 11 is 0. The Hall–Kier alpha value is -1.46. The molecule has 1 atom stereocenters. The third kappa shape index (κ3) is 6.63. The minimum atomic E-state index is 0.407. The van der Waals surface area contributed by atoms with Crippen molar-refractivity contribution in [3.63, 3.8) is 0 Å². The van der Waals surface area contributed by atoms with Crippen molar-refractivity contribution in [2.45, 2.75) is 58.5 Å². The number of terminal acetylenes is 1. The zero-order valence-corrected chi connectivity index (χ0v) is 12.8. The molecule has 0 aliphatic rings. The average Bonchev–Trinajstić information content (AvgIpc) is 2.49. The van der Waals surface area contributed by atoms with Gasteiger partial charge in [0.1, 0.15) is 5.75 Å². The molecule has 1 N–H and O–H groups in total. The van der Waals surface area contributed by atoms with E-state index in [9.17, 15) is 0 Å². The summed E-state index contributed by atoms with van der Waals surface area (Å²) in [5.41, 5.74) is 1.27. The van der Waals surface area contributed by atoms with Crippen LogP contribution in [0, 0.1) is 12.3 Å². The molecule has 0 aromatic heterocycles. The highest BCUT2D eigenvalue weighted by molar-refractivity contribution is 5.27. The Labute approximate surface area is 123 Å². The highest BCUT2D eigenvalue weighted by Crippen LogP contribution is 2.13. The molecule has 1 rings (SSSR count). The van der Waals surface area contributed by atoms with Crippen LogP contribution in [0.2, 0.25) is 0 Å². The second-order valence-corrected chi connectivity index (χ2v) is 5.09. The molecular weight excluding hydrogens is 246 g/mol. The van der Waals surface area contributed by atoms with Crippen LogP contribution in [-0.2, 0) is 6.54 Å². The van der Waals surface area contributed by atoms with E-state index in [2.05, 4.69) is 37.2 Å². The SMILES string of the molecule is C#CCC(CC)NCc1ccc(OCCCCC)cc1. The summed E-state index contributed by atoms with van der Waals surface area (Å²) in [6.07, 6.45) is 10.8. The maximum Gasteiger partial charge on any atom is 0.119 e. The number of hydrogen-bond donors (Lipinski definition) is 1. The van der Waals surface area contributed by atoms with Crippen molar-refractivity contribution in [2.75, 3.05) is 6.61 Å². The quantitative estimate of drug-likeness (QED) is 0.511. The van der Waals surface area contributed by atoms with Gasteiger partial charge in [0.15, 0.2) is 0 Å².